The average molecular weight is 411 g/mol. The Morgan fingerprint density at radius 2 is 1.77 bits per heavy atom. The van der Waals surface area contributed by atoms with Crippen molar-refractivity contribution in [1.82, 2.24) is 20.1 Å². The van der Waals surface area contributed by atoms with Gasteiger partial charge in [0.1, 0.15) is 0 Å². The Morgan fingerprint density at radius 3 is 2.50 bits per heavy atom. The predicted octanol–water partition coefficient (Wildman–Crippen LogP) is 2.86. The predicted molar refractivity (Wildman–Crippen MR) is 115 cm³/mol. The van der Waals surface area contributed by atoms with Crippen LogP contribution in [-0.2, 0) is 17.8 Å². The van der Waals surface area contributed by atoms with Gasteiger partial charge in [-0.15, -0.1) is 0 Å². The van der Waals surface area contributed by atoms with Gasteiger partial charge in [-0.2, -0.15) is 0 Å². The lowest BCUT2D eigenvalue weighted by molar-refractivity contribution is -0.132. The van der Waals surface area contributed by atoms with Crippen molar-refractivity contribution in [2.24, 2.45) is 0 Å². The topological polar surface area (TPSA) is 74.8 Å². The first-order valence-corrected chi connectivity index (χ1v) is 10.6. The van der Waals surface area contributed by atoms with Crippen LogP contribution < -0.4 is 10.1 Å². The van der Waals surface area contributed by atoms with E-state index in [1.54, 1.807) is 11.1 Å². The molecule has 30 heavy (non-hydrogen) atoms. The molecule has 1 aromatic heterocycles. The first-order chi connectivity index (χ1) is 14.7. The molecule has 3 amide bonds. The van der Waals surface area contributed by atoms with Crippen LogP contribution in [0.5, 0.6) is 5.88 Å². The molecule has 1 aromatic carbocycles. The van der Waals surface area contributed by atoms with Crippen LogP contribution in [0.15, 0.2) is 48.7 Å². The fraction of sp³-hybridized carbons (Fsp3) is 0.435. The van der Waals surface area contributed by atoms with E-state index in [-0.39, 0.29) is 11.9 Å². The number of benzene rings is 1. The van der Waals surface area contributed by atoms with Crippen molar-refractivity contribution in [1.29, 1.82) is 0 Å². The number of nitrogens with zero attached hydrogens (tertiary/aromatic N) is 3. The Balaban J connectivity index is 1.36. The molecule has 2 aromatic rings. The highest BCUT2D eigenvalue weighted by atomic mass is 16.5. The monoisotopic (exact) mass is 410 g/mol. The van der Waals surface area contributed by atoms with E-state index in [1.165, 1.54) is 5.56 Å². The minimum absolute atomic E-state index is 0.110. The maximum Gasteiger partial charge on any atom is 0.317 e. The van der Waals surface area contributed by atoms with Crippen molar-refractivity contribution in [3.8, 4) is 5.88 Å². The minimum Gasteiger partial charge on any atom is -0.478 e. The molecule has 1 fully saturated rings. The summed E-state index contributed by atoms with van der Waals surface area (Å²) >= 11 is 0. The van der Waals surface area contributed by atoms with Crippen molar-refractivity contribution in [3.05, 3.63) is 59.8 Å². The number of hydrogen-bond donors (Lipinski definition) is 1. The lowest BCUT2D eigenvalue weighted by Gasteiger charge is -2.34. The second kappa shape index (κ2) is 11.2. The Hall–Kier alpha value is -3.09. The van der Waals surface area contributed by atoms with Crippen LogP contribution in [-0.4, -0.2) is 59.5 Å². The van der Waals surface area contributed by atoms with Gasteiger partial charge in [0.15, 0.2) is 0 Å². The zero-order valence-electron chi connectivity index (χ0n) is 17.5. The number of carbonyl (C=O) groups excluding carboxylic acids is 2. The van der Waals surface area contributed by atoms with Crippen molar-refractivity contribution in [2.45, 2.75) is 32.7 Å². The molecule has 1 saturated heterocycles. The first kappa shape index (κ1) is 21.6. The SMILES string of the molecule is CCOc1cc(CNC(=O)N2CCN(C(=O)CCCc3ccccc3)CC2)ccn1. The van der Waals surface area contributed by atoms with Crippen molar-refractivity contribution in [2.75, 3.05) is 32.8 Å². The van der Waals surface area contributed by atoms with E-state index in [4.69, 9.17) is 4.74 Å². The highest BCUT2D eigenvalue weighted by Crippen LogP contribution is 2.11. The summed E-state index contributed by atoms with van der Waals surface area (Å²) in [7, 11) is 0. The third-order valence-corrected chi connectivity index (χ3v) is 5.15. The Kier molecular flexibility index (Phi) is 8.06. The van der Waals surface area contributed by atoms with Crippen LogP contribution in [0.25, 0.3) is 0 Å². The fourth-order valence-electron chi connectivity index (χ4n) is 3.48. The van der Waals surface area contributed by atoms with E-state index >= 15 is 0 Å². The Bertz CT molecular complexity index is 820. The lowest BCUT2D eigenvalue weighted by Crippen LogP contribution is -2.53. The van der Waals surface area contributed by atoms with E-state index in [0.717, 1.165) is 18.4 Å². The van der Waals surface area contributed by atoms with Crippen LogP contribution in [0.1, 0.15) is 30.9 Å². The molecule has 3 rings (SSSR count). The first-order valence-electron chi connectivity index (χ1n) is 10.6. The molecule has 2 heterocycles. The van der Waals surface area contributed by atoms with Gasteiger partial charge >= 0.3 is 6.03 Å². The van der Waals surface area contributed by atoms with Crippen LogP contribution in [0.3, 0.4) is 0 Å². The second-order valence-electron chi connectivity index (χ2n) is 7.30. The molecule has 1 aliphatic heterocycles. The molecule has 0 unspecified atom stereocenters. The maximum absolute atomic E-state index is 12.5. The molecule has 0 aliphatic carbocycles. The van der Waals surface area contributed by atoms with E-state index in [0.29, 0.717) is 51.6 Å². The molecule has 1 N–H and O–H groups in total. The highest BCUT2D eigenvalue weighted by Gasteiger charge is 2.23. The summed E-state index contributed by atoms with van der Waals surface area (Å²) < 4.78 is 5.39. The van der Waals surface area contributed by atoms with Crippen LogP contribution >= 0.6 is 0 Å². The van der Waals surface area contributed by atoms with Gasteiger partial charge in [0.2, 0.25) is 11.8 Å². The van der Waals surface area contributed by atoms with Crippen LogP contribution in [0.2, 0.25) is 0 Å². The molecule has 7 nitrogen and oxygen atoms in total. The fourth-order valence-corrected chi connectivity index (χ4v) is 3.48. The summed E-state index contributed by atoms with van der Waals surface area (Å²) in [5.41, 5.74) is 2.20. The summed E-state index contributed by atoms with van der Waals surface area (Å²) in [6.07, 6.45) is 3.98. The highest BCUT2D eigenvalue weighted by molar-refractivity contribution is 5.77. The lowest BCUT2D eigenvalue weighted by atomic mass is 10.1. The van der Waals surface area contributed by atoms with Gasteiger partial charge in [0.25, 0.3) is 0 Å². The van der Waals surface area contributed by atoms with Crippen LogP contribution in [0.4, 0.5) is 4.79 Å². The molecular formula is C23H30N4O3. The van der Waals surface area contributed by atoms with Crippen molar-refractivity contribution >= 4 is 11.9 Å². The molecule has 0 atom stereocenters. The second-order valence-corrected chi connectivity index (χ2v) is 7.30. The van der Waals surface area contributed by atoms with Gasteiger partial charge in [0.05, 0.1) is 6.61 Å². The summed E-state index contributed by atoms with van der Waals surface area (Å²) in [6.45, 7) is 5.15. The van der Waals surface area contributed by atoms with Gasteiger partial charge in [-0.05, 0) is 37.0 Å². The normalized spacial score (nSPS) is 13.8. The maximum atomic E-state index is 12.5. The molecule has 7 heteroatoms. The number of aromatic nitrogens is 1. The largest absolute Gasteiger partial charge is 0.478 e. The standard InChI is InChI=1S/C23H30N4O3/c1-2-30-21-17-20(11-12-24-21)18-25-23(29)27-15-13-26(14-16-27)22(28)10-6-9-19-7-4-3-5-8-19/h3-5,7-8,11-12,17H,2,6,9-10,13-16,18H2,1H3,(H,25,29). The minimum atomic E-state index is -0.110. The van der Waals surface area contributed by atoms with E-state index in [1.807, 2.05) is 42.2 Å². The van der Waals surface area contributed by atoms with Gasteiger partial charge < -0.3 is 19.9 Å². The van der Waals surface area contributed by atoms with Gasteiger partial charge in [-0.1, -0.05) is 30.3 Å². The summed E-state index contributed by atoms with van der Waals surface area (Å²) in [5.74, 6) is 0.731. The molecule has 0 bridgehead atoms. The number of urea groups is 1. The van der Waals surface area contributed by atoms with Crippen LogP contribution in [0, 0.1) is 0 Å². The molecule has 160 valence electrons. The van der Waals surface area contributed by atoms with Gasteiger partial charge in [-0.25, -0.2) is 9.78 Å². The number of piperazine rings is 1. The smallest absolute Gasteiger partial charge is 0.317 e. The summed E-state index contributed by atoms with van der Waals surface area (Å²) in [5, 5.41) is 2.93. The molecule has 0 spiro atoms. The number of ether oxygens (including phenoxy) is 1. The zero-order valence-corrected chi connectivity index (χ0v) is 17.5. The molecule has 1 aliphatic rings. The Morgan fingerprint density at radius 1 is 1.03 bits per heavy atom. The number of aryl methyl sites for hydroxylation is 1. The van der Waals surface area contributed by atoms with Crippen molar-refractivity contribution in [3.63, 3.8) is 0 Å². The average Bonchev–Trinajstić information content (AvgIpc) is 2.79. The number of rotatable bonds is 8. The molecule has 0 radical (unpaired) electrons. The number of amides is 3. The number of pyridine rings is 1. The molecular weight excluding hydrogens is 380 g/mol. The Labute approximate surface area is 178 Å². The number of nitrogens with one attached hydrogen (secondary N) is 1. The number of carbonyl (C=O) groups is 2. The van der Waals surface area contributed by atoms with Gasteiger partial charge in [-0.3, -0.25) is 4.79 Å². The zero-order chi connectivity index (χ0) is 21.2. The van der Waals surface area contributed by atoms with Gasteiger partial charge in [0, 0.05) is 51.4 Å². The third-order valence-electron chi connectivity index (χ3n) is 5.15. The third kappa shape index (κ3) is 6.47. The van der Waals surface area contributed by atoms with E-state index < -0.39 is 0 Å². The van der Waals surface area contributed by atoms with Crippen molar-refractivity contribution < 1.29 is 14.3 Å². The summed E-state index contributed by atoms with van der Waals surface area (Å²) in [6, 6.07) is 13.8. The number of hydrogen-bond acceptors (Lipinski definition) is 4. The van der Waals surface area contributed by atoms with E-state index in [2.05, 4.69) is 22.4 Å². The van der Waals surface area contributed by atoms with E-state index in [9.17, 15) is 9.59 Å². The quantitative estimate of drug-likeness (QED) is 0.726. The summed E-state index contributed by atoms with van der Waals surface area (Å²) in [4.78, 5) is 32.7. The molecule has 0 saturated carbocycles.